The minimum atomic E-state index is 0.469. The van der Waals surface area contributed by atoms with Gasteiger partial charge in [0.15, 0.2) is 0 Å². The highest BCUT2D eigenvalue weighted by molar-refractivity contribution is 5.13. The molecular weight excluding hydrogens is 198 g/mol. The maximum Gasteiger partial charge on any atom is 0.0335 e. The number of nitrogens with zero attached hydrogens (tertiary/aromatic N) is 2. The van der Waals surface area contributed by atoms with Crippen LogP contribution in [0, 0.1) is 0 Å². The summed E-state index contributed by atoms with van der Waals surface area (Å²) in [6.45, 7) is 7.96. The summed E-state index contributed by atoms with van der Waals surface area (Å²) in [4.78, 5) is 6.74. The molecule has 1 saturated heterocycles. The van der Waals surface area contributed by atoms with Crippen LogP contribution in [0.3, 0.4) is 0 Å². The molecule has 1 aliphatic rings. The molecule has 16 heavy (non-hydrogen) atoms. The zero-order valence-electron chi connectivity index (χ0n) is 10.2. The van der Waals surface area contributed by atoms with Gasteiger partial charge in [-0.15, -0.1) is 0 Å². The van der Waals surface area contributed by atoms with E-state index in [0.29, 0.717) is 12.1 Å². The smallest absolute Gasteiger partial charge is 0.0335 e. The predicted molar refractivity (Wildman–Crippen MR) is 66.3 cm³/mol. The monoisotopic (exact) mass is 219 g/mol. The highest BCUT2D eigenvalue weighted by Gasteiger charge is 2.20. The lowest BCUT2D eigenvalue weighted by molar-refractivity contribution is 0.210. The molecule has 3 nitrogen and oxygen atoms in total. The molecule has 1 aromatic rings. The number of hydrogen-bond acceptors (Lipinski definition) is 3. The molecule has 1 fully saturated rings. The van der Waals surface area contributed by atoms with Gasteiger partial charge in [-0.3, -0.25) is 9.88 Å². The van der Waals surface area contributed by atoms with Crippen LogP contribution in [0.4, 0.5) is 0 Å². The van der Waals surface area contributed by atoms with Gasteiger partial charge in [-0.2, -0.15) is 0 Å². The summed E-state index contributed by atoms with van der Waals surface area (Å²) in [7, 11) is 0. The van der Waals surface area contributed by atoms with Crippen molar-refractivity contribution in [2.45, 2.75) is 32.4 Å². The summed E-state index contributed by atoms with van der Waals surface area (Å²) in [6.07, 6.45) is 5.05. The van der Waals surface area contributed by atoms with Gasteiger partial charge < -0.3 is 5.32 Å². The van der Waals surface area contributed by atoms with E-state index in [0.717, 1.165) is 13.1 Å². The first-order valence-electron chi connectivity index (χ1n) is 6.14. The maximum absolute atomic E-state index is 4.20. The summed E-state index contributed by atoms with van der Waals surface area (Å²) >= 11 is 0. The van der Waals surface area contributed by atoms with Crippen LogP contribution < -0.4 is 5.32 Å². The van der Waals surface area contributed by atoms with Crippen LogP contribution in [0.5, 0.6) is 0 Å². The van der Waals surface area contributed by atoms with Crippen molar-refractivity contribution in [1.82, 2.24) is 15.2 Å². The fourth-order valence-corrected chi connectivity index (χ4v) is 2.32. The zero-order chi connectivity index (χ0) is 11.4. The lowest BCUT2D eigenvalue weighted by atomic mass is 10.1. The van der Waals surface area contributed by atoms with Gasteiger partial charge in [0.1, 0.15) is 0 Å². The number of pyridine rings is 1. The van der Waals surface area contributed by atoms with Crippen LogP contribution in [-0.4, -0.2) is 35.6 Å². The second-order valence-electron chi connectivity index (χ2n) is 4.67. The third-order valence-electron chi connectivity index (χ3n) is 3.34. The molecule has 0 amide bonds. The summed E-state index contributed by atoms with van der Waals surface area (Å²) in [5.74, 6) is 0. The van der Waals surface area contributed by atoms with Crippen molar-refractivity contribution < 1.29 is 0 Å². The van der Waals surface area contributed by atoms with Crippen molar-refractivity contribution in [3.63, 3.8) is 0 Å². The van der Waals surface area contributed by atoms with Crippen molar-refractivity contribution in [2.24, 2.45) is 0 Å². The Morgan fingerprint density at radius 3 is 3.19 bits per heavy atom. The summed E-state index contributed by atoms with van der Waals surface area (Å²) in [5, 5.41) is 3.52. The van der Waals surface area contributed by atoms with Gasteiger partial charge in [0, 0.05) is 37.6 Å². The Morgan fingerprint density at radius 1 is 1.56 bits per heavy atom. The van der Waals surface area contributed by atoms with E-state index in [-0.39, 0.29) is 0 Å². The number of nitrogens with one attached hydrogen (secondary N) is 1. The first-order valence-corrected chi connectivity index (χ1v) is 6.14. The van der Waals surface area contributed by atoms with Gasteiger partial charge in [-0.05, 0) is 38.4 Å². The Labute approximate surface area is 97.9 Å². The minimum absolute atomic E-state index is 0.469. The standard InChI is InChI=1S/C13H21N3/c1-11-10-16(8-4-7-15-11)12(2)13-5-3-6-14-9-13/h3,5-6,9,11-12,15H,4,7-8,10H2,1-2H3. The second-order valence-corrected chi connectivity index (χ2v) is 4.67. The topological polar surface area (TPSA) is 28.2 Å². The van der Waals surface area contributed by atoms with Crippen LogP contribution >= 0.6 is 0 Å². The molecule has 0 saturated carbocycles. The summed E-state index contributed by atoms with van der Waals surface area (Å²) < 4.78 is 0. The van der Waals surface area contributed by atoms with Crippen LogP contribution in [0.15, 0.2) is 24.5 Å². The van der Waals surface area contributed by atoms with Crippen molar-refractivity contribution in [3.8, 4) is 0 Å². The number of rotatable bonds is 2. The second kappa shape index (κ2) is 5.41. The molecule has 88 valence electrons. The molecule has 0 spiro atoms. The van der Waals surface area contributed by atoms with Crippen LogP contribution in [0.2, 0.25) is 0 Å². The zero-order valence-corrected chi connectivity index (χ0v) is 10.2. The van der Waals surface area contributed by atoms with Gasteiger partial charge in [0.05, 0.1) is 0 Å². The molecule has 2 atom stereocenters. The normalized spacial score (nSPS) is 25.0. The van der Waals surface area contributed by atoms with Crippen molar-refractivity contribution in [2.75, 3.05) is 19.6 Å². The predicted octanol–water partition coefficient (Wildman–Crippen LogP) is 1.83. The molecule has 2 unspecified atom stereocenters. The van der Waals surface area contributed by atoms with E-state index >= 15 is 0 Å². The van der Waals surface area contributed by atoms with E-state index in [1.165, 1.54) is 18.5 Å². The Kier molecular flexibility index (Phi) is 3.91. The van der Waals surface area contributed by atoms with Gasteiger partial charge in [-0.25, -0.2) is 0 Å². The Hall–Kier alpha value is -0.930. The Bertz CT molecular complexity index is 312. The minimum Gasteiger partial charge on any atom is -0.313 e. The van der Waals surface area contributed by atoms with Crippen LogP contribution in [0.25, 0.3) is 0 Å². The SMILES string of the molecule is CC1CN(C(C)c2cccnc2)CCCN1. The van der Waals surface area contributed by atoms with Crippen LogP contribution in [-0.2, 0) is 0 Å². The van der Waals surface area contributed by atoms with E-state index in [1.807, 2.05) is 18.5 Å². The van der Waals surface area contributed by atoms with E-state index in [9.17, 15) is 0 Å². The maximum atomic E-state index is 4.20. The molecule has 3 heteroatoms. The number of hydrogen-bond donors (Lipinski definition) is 1. The average molecular weight is 219 g/mol. The molecule has 1 aliphatic heterocycles. The lowest BCUT2D eigenvalue weighted by Crippen LogP contribution is -2.36. The highest BCUT2D eigenvalue weighted by atomic mass is 15.2. The molecular formula is C13H21N3. The largest absolute Gasteiger partial charge is 0.313 e. The van der Waals surface area contributed by atoms with Gasteiger partial charge in [0.25, 0.3) is 0 Å². The summed E-state index contributed by atoms with van der Waals surface area (Å²) in [5.41, 5.74) is 1.32. The number of aromatic nitrogens is 1. The van der Waals surface area contributed by atoms with Gasteiger partial charge in [0.2, 0.25) is 0 Å². The third-order valence-corrected chi connectivity index (χ3v) is 3.34. The Balaban J connectivity index is 2.05. The van der Waals surface area contributed by atoms with E-state index in [4.69, 9.17) is 0 Å². The highest BCUT2D eigenvalue weighted by Crippen LogP contribution is 2.20. The molecule has 0 aliphatic carbocycles. The molecule has 1 N–H and O–H groups in total. The van der Waals surface area contributed by atoms with Crippen molar-refractivity contribution in [1.29, 1.82) is 0 Å². The molecule has 0 aromatic carbocycles. The van der Waals surface area contributed by atoms with E-state index in [2.05, 4.69) is 35.1 Å². The molecule has 0 bridgehead atoms. The fourth-order valence-electron chi connectivity index (χ4n) is 2.32. The van der Waals surface area contributed by atoms with Gasteiger partial charge >= 0.3 is 0 Å². The quantitative estimate of drug-likeness (QED) is 0.822. The Morgan fingerprint density at radius 2 is 2.44 bits per heavy atom. The summed E-state index contributed by atoms with van der Waals surface area (Å²) in [6, 6.07) is 5.24. The molecule has 2 rings (SSSR count). The van der Waals surface area contributed by atoms with E-state index in [1.54, 1.807) is 0 Å². The van der Waals surface area contributed by atoms with Crippen molar-refractivity contribution >= 4 is 0 Å². The molecule has 2 heterocycles. The van der Waals surface area contributed by atoms with E-state index < -0.39 is 0 Å². The first kappa shape index (κ1) is 11.6. The third kappa shape index (κ3) is 2.80. The molecule has 1 aromatic heterocycles. The van der Waals surface area contributed by atoms with Crippen LogP contribution in [0.1, 0.15) is 31.9 Å². The molecule has 0 radical (unpaired) electrons. The lowest BCUT2D eigenvalue weighted by Gasteiger charge is -2.29. The average Bonchev–Trinajstić information content (AvgIpc) is 2.54. The van der Waals surface area contributed by atoms with Crippen molar-refractivity contribution in [3.05, 3.63) is 30.1 Å². The van der Waals surface area contributed by atoms with Gasteiger partial charge in [-0.1, -0.05) is 6.07 Å². The first-order chi connectivity index (χ1) is 7.77. The fraction of sp³-hybridized carbons (Fsp3) is 0.615.